The number of alkyl carbamates (subject to hydrolysis) is 1. The lowest BCUT2D eigenvalue weighted by Gasteiger charge is -2.23. The molecule has 0 spiro atoms. The normalized spacial score (nSPS) is 31.9. The van der Waals surface area contributed by atoms with Crippen molar-refractivity contribution in [3.63, 3.8) is 0 Å². The van der Waals surface area contributed by atoms with Crippen molar-refractivity contribution >= 4 is 11.9 Å². The molecular formula is C14H23NO3. The fraction of sp³-hybridized carbons (Fsp3) is 0.857. The first-order valence-electron chi connectivity index (χ1n) is 6.85. The molecule has 2 saturated carbocycles. The Morgan fingerprint density at radius 3 is 2.61 bits per heavy atom. The van der Waals surface area contributed by atoms with Crippen LogP contribution in [0.1, 0.15) is 52.9 Å². The van der Waals surface area contributed by atoms with Gasteiger partial charge in [0.15, 0.2) is 0 Å². The van der Waals surface area contributed by atoms with Gasteiger partial charge in [-0.15, -0.1) is 0 Å². The molecule has 1 N–H and O–H groups in total. The van der Waals surface area contributed by atoms with Gasteiger partial charge in [-0.3, -0.25) is 4.79 Å². The average Bonchev–Trinajstić information content (AvgIpc) is 2.55. The molecule has 0 heterocycles. The van der Waals surface area contributed by atoms with E-state index in [0.717, 1.165) is 25.7 Å². The lowest BCUT2D eigenvalue weighted by Crippen LogP contribution is -2.38. The Labute approximate surface area is 108 Å². The van der Waals surface area contributed by atoms with Crippen LogP contribution < -0.4 is 5.32 Å². The second-order valence-electron chi connectivity index (χ2n) is 6.62. The molecule has 4 heteroatoms. The van der Waals surface area contributed by atoms with Crippen molar-refractivity contribution in [1.82, 2.24) is 5.32 Å². The zero-order chi connectivity index (χ0) is 13.3. The Morgan fingerprint density at radius 2 is 1.94 bits per heavy atom. The van der Waals surface area contributed by atoms with Crippen molar-refractivity contribution < 1.29 is 14.3 Å². The predicted molar refractivity (Wildman–Crippen MR) is 68.2 cm³/mol. The van der Waals surface area contributed by atoms with E-state index in [4.69, 9.17) is 4.74 Å². The molecule has 4 nitrogen and oxygen atoms in total. The summed E-state index contributed by atoms with van der Waals surface area (Å²) in [6.45, 7) is 5.58. The monoisotopic (exact) mass is 253 g/mol. The number of ketones is 1. The summed E-state index contributed by atoms with van der Waals surface area (Å²) >= 11 is 0. The van der Waals surface area contributed by atoms with Gasteiger partial charge in [0, 0.05) is 18.9 Å². The van der Waals surface area contributed by atoms with Gasteiger partial charge in [-0.25, -0.2) is 4.79 Å². The first-order chi connectivity index (χ1) is 8.33. The quantitative estimate of drug-likeness (QED) is 0.781. The Hall–Kier alpha value is -1.06. The highest BCUT2D eigenvalue weighted by Crippen LogP contribution is 2.41. The summed E-state index contributed by atoms with van der Waals surface area (Å²) in [7, 11) is 0. The standard InChI is InChI=1S/C14H23NO3/c1-14(2,3)18-13(17)15-11-6-9-4-5-12(16)8-10(9)7-11/h9-11H,4-8H2,1-3H3,(H,15,17)/t9-,10+,11-/m1/s1. The lowest BCUT2D eigenvalue weighted by molar-refractivity contribution is -0.122. The van der Waals surface area contributed by atoms with Crippen LogP contribution in [0.15, 0.2) is 0 Å². The van der Waals surface area contributed by atoms with Crippen LogP contribution in [0, 0.1) is 11.8 Å². The molecule has 0 unspecified atom stereocenters. The summed E-state index contributed by atoms with van der Waals surface area (Å²) in [5, 5.41) is 2.93. The van der Waals surface area contributed by atoms with Gasteiger partial charge < -0.3 is 10.1 Å². The van der Waals surface area contributed by atoms with Crippen LogP contribution >= 0.6 is 0 Å². The third-order valence-electron chi connectivity index (χ3n) is 3.85. The lowest BCUT2D eigenvalue weighted by atomic mass is 9.81. The average molecular weight is 253 g/mol. The van der Waals surface area contributed by atoms with E-state index in [2.05, 4.69) is 5.32 Å². The van der Waals surface area contributed by atoms with Gasteiger partial charge >= 0.3 is 6.09 Å². The minimum absolute atomic E-state index is 0.181. The fourth-order valence-electron chi connectivity index (χ4n) is 3.15. The maximum atomic E-state index is 11.7. The molecule has 1 amide bonds. The van der Waals surface area contributed by atoms with E-state index in [1.54, 1.807) is 0 Å². The van der Waals surface area contributed by atoms with Gasteiger partial charge in [-0.05, 0) is 51.9 Å². The van der Waals surface area contributed by atoms with E-state index in [1.807, 2.05) is 20.8 Å². The zero-order valence-electron chi connectivity index (χ0n) is 11.5. The van der Waals surface area contributed by atoms with Crippen LogP contribution in [-0.2, 0) is 9.53 Å². The highest BCUT2D eigenvalue weighted by atomic mass is 16.6. The molecule has 0 aliphatic heterocycles. The van der Waals surface area contributed by atoms with Gasteiger partial charge in [-0.2, -0.15) is 0 Å². The number of nitrogens with one attached hydrogen (secondary N) is 1. The highest BCUT2D eigenvalue weighted by molar-refractivity contribution is 5.79. The Bertz CT molecular complexity index is 345. The summed E-state index contributed by atoms with van der Waals surface area (Å²) in [5.74, 6) is 1.47. The number of carbonyl (C=O) groups is 2. The second-order valence-corrected chi connectivity index (χ2v) is 6.62. The van der Waals surface area contributed by atoms with Crippen molar-refractivity contribution in [1.29, 1.82) is 0 Å². The summed E-state index contributed by atoms with van der Waals surface area (Å²) < 4.78 is 5.26. The van der Waals surface area contributed by atoms with Gasteiger partial charge in [0.2, 0.25) is 0 Å². The molecule has 0 bridgehead atoms. The molecule has 2 fully saturated rings. The highest BCUT2D eigenvalue weighted by Gasteiger charge is 2.39. The molecule has 2 aliphatic rings. The predicted octanol–water partition coefficient (Wildman–Crippen LogP) is 2.66. The molecule has 3 atom stereocenters. The summed E-state index contributed by atoms with van der Waals surface area (Å²) in [4.78, 5) is 23.1. The Morgan fingerprint density at radius 1 is 1.28 bits per heavy atom. The number of rotatable bonds is 1. The topological polar surface area (TPSA) is 55.4 Å². The number of hydrogen-bond acceptors (Lipinski definition) is 3. The van der Waals surface area contributed by atoms with E-state index in [-0.39, 0.29) is 12.1 Å². The van der Waals surface area contributed by atoms with Crippen LogP contribution in [0.4, 0.5) is 4.79 Å². The van der Waals surface area contributed by atoms with E-state index >= 15 is 0 Å². The zero-order valence-corrected chi connectivity index (χ0v) is 11.5. The van der Waals surface area contributed by atoms with Crippen molar-refractivity contribution in [3.8, 4) is 0 Å². The van der Waals surface area contributed by atoms with E-state index in [1.165, 1.54) is 0 Å². The number of Topliss-reactive ketones (excluding diaryl/α,β-unsaturated/α-hetero) is 1. The molecule has 102 valence electrons. The molecule has 2 rings (SSSR count). The number of fused-ring (bicyclic) bond motifs is 1. The number of ether oxygens (including phenoxy) is 1. The number of hydrogen-bond donors (Lipinski definition) is 1. The van der Waals surface area contributed by atoms with Gasteiger partial charge in [-0.1, -0.05) is 0 Å². The van der Waals surface area contributed by atoms with Crippen LogP contribution in [0.2, 0.25) is 0 Å². The Kier molecular flexibility index (Phi) is 3.64. The number of carbonyl (C=O) groups excluding carboxylic acids is 2. The van der Waals surface area contributed by atoms with Crippen LogP contribution in [0.5, 0.6) is 0 Å². The van der Waals surface area contributed by atoms with Crippen molar-refractivity contribution in [3.05, 3.63) is 0 Å². The first-order valence-corrected chi connectivity index (χ1v) is 6.85. The fourth-order valence-corrected chi connectivity index (χ4v) is 3.15. The molecule has 2 aliphatic carbocycles. The van der Waals surface area contributed by atoms with E-state index in [9.17, 15) is 9.59 Å². The van der Waals surface area contributed by atoms with Crippen molar-refractivity contribution in [2.24, 2.45) is 11.8 Å². The van der Waals surface area contributed by atoms with Gasteiger partial charge in [0.05, 0.1) is 0 Å². The maximum absolute atomic E-state index is 11.7. The minimum atomic E-state index is -0.453. The van der Waals surface area contributed by atoms with Crippen molar-refractivity contribution in [2.45, 2.75) is 64.5 Å². The van der Waals surface area contributed by atoms with Crippen molar-refractivity contribution in [2.75, 3.05) is 0 Å². The molecule has 0 aromatic carbocycles. The third kappa shape index (κ3) is 3.47. The molecule has 0 saturated heterocycles. The number of amides is 1. The van der Waals surface area contributed by atoms with E-state index in [0.29, 0.717) is 24.0 Å². The van der Waals surface area contributed by atoms with Gasteiger partial charge in [0.25, 0.3) is 0 Å². The Balaban J connectivity index is 1.82. The molecule has 0 radical (unpaired) electrons. The SMILES string of the molecule is CC(C)(C)OC(=O)N[C@@H]1C[C@H]2CCC(=O)C[C@@H]2C1. The molecule has 18 heavy (non-hydrogen) atoms. The third-order valence-corrected chi connectivity index (χ3v) is 3.85. The minimum Gasteiger partial charge on any atom is -0.444 e. The van der Waals surface area contributed by atoms with Crippen LogP contribution in [0.3, 0.4) is 0 Å². The molecule has 0 aromatic heterocycles. The summed E-state index contributed by atoms with van der Waals surface area (Å²) in [5.41, 5.74) is -0.453. The molecule has 0 aromatic rings. The smallest absolute Gasteiger partial charge is 0.407 e. The van der Waals surface area contributed by atoms with Crippen LogP contribution in [-0.4, -0.2) is 23.5 Å². The van der Waals surface area contributed by atoms with Gasteiger partial charge in [0.1, 0.15) is 11.4 Å². The van der Waals surface area contributed by atoms with Crippen LogP contribution in [0.25, 0.3) is 0 Å². The largest absolute Gasteiger partial charge is 0.444 e. The molecular weight excluding hydrogens is 230 g/mol. The maximum Gasteiger partial charge on any atom is 0.407 e. The second kappa shape index (κ2) is 4.90. The summed E-state index contributed by atoms with van der Waals surface area (Å²) in [6.07, 6.45) is 4.01. The first kappa shape index (κ1) is 13.4. The summed E-state index contributed by atoms with van der Waals surface area (Å²) in [6, 6.07) is 0.181. The van der Waals surface area contributed by atoms with E-state index < -0.39 is 5.60 Å².